The van der Waals surface area contributed by atoms with Crippen LogP contribution in [0, 0.1) is 6.92 Å². The molecule has 4 nitrogen and oxygen atoms in total. The summed E-state index contributed by atoms with van der Waals surface area (Å²) in [5, 5.41) is 5.73. The second-order valence-electron chi connectivity index (χ2n) is 6.14. The Bertz CT molecular complexity index is 709. The number of hydrogen-bond donors (Lipinski definition) is 2. The topological polar surface area (TPSA) is 44.4 Å². The molecule has 0 atom stereocenters. The summed E-state index contributed by atoms with van der Waals surface area (Å²) in [6.07, 6.45) is 3.84. The fraction of sp³-hybridized carbons (Fsp3) is 0.316. The number of benzene rings is 2. The molecule has 0 aliphatic carbocycles. The maximum absolute atomic E-state index is 12.1. The Labute approximate surface area is 151 Å². The molecule has 2 aromatic carbocycles. The van der Waals surface area contributed by atoms with Crippen molar-refractivity contribution in [2.75, 3.05) is 28.6 Å². The largest absolute Gasteiger partial charge is 0.372 e. The van der Waals surface area contributed by atoms with Crippen LogP contribution in [-0.4, -0.2) is 19.1 Å². The Morgan fingerprint density at radius 1 is 0.958 bits per heavy atom. The first-order valence-corrected chi connectivity index (χ1v) is 9.10. The van der Waals surface area contributed by atoms with Crippen LogP contribution in [-0.2, 0) is 0 Å². The molecule has 2 N–H and O–H groups in total. The molecule has 3 rings (SSSR count). The number of carbonyl (C=O) groups excluding carboxylic acids is 1. The number of nitrogens with one attached hydrogen (secondary N) is 2. The first kappa shape index (κ1) is 16.8. The maximum Gasteiger partial charge on any atom is 0.323 e. The van der Waals surface area contributed by atoms with Gasteiger partial charge in [0, 0.05) is 34.6 Å². The van der Waals surface area contributed by atoms with Crippen LogP contribution in [0.2, 0.25) is 0 Å². The van der Waals surface area contributed by atoms with Crippen molar-refractivity contribution in [1.29, 1.82) is 0 Å². The van der Waals surface area contributed by atoms with Crippen LogP contribution < -0.4 is 15.5 Å². The number of carbonyl (C=O) groups is 1. The number of anilines is 3. The molecule has 1 saturated heterocycles. The van der Waals surface area contributed by atoms with Crippen molar-refractivity contribution in [3.05, 3.63) is 52.5 Å². The lowest BCUT2D eigenvalue weighted by molar-refractivity contribution is 0.262. The monoisotopic (exact) mass is 387 g/mol. The van der Waals surface area contributed by atoms with Gasteiger partial charge in [0.15, 0.2) is 0 Å². The molecule has 24 heavy (non-hydrogen) atoms. The van der Waals surface area contributed by atoms with Crippen LogP contribution in [0.5, 0.6) is 0 Å². The normalized spacial score (nSPS) is 14.3. The summed E-state index contributed by atoms with van der Waals surface area (Å²) < 4.78 is 1.03. The quantitative estimate of drug-likeness (QED) is 0.740. The van der Waals surface area contributed by atoms with Gasteiger partial charge in [-0.3, -0.25) is 0 Å². The van der Waals surface area contributed by atoms with E-state index in [2.05, 4.69) is 43.6 Å². The summed E-state index contributed by atoms with van der Waals surface area (Å²) in [6, 6.07) is 13.6. The molecular formula is C19H22BrN3O. The number of nitrogens with zero attached hydrogens (tertiary/aromatic N) is 1. The molecule has 0 aromatic heterocycles. The average Bonchev–Trinajstić information content (AvgIpc) is 2.59. The lowest BCUT2D eigenvalue weighted by atomic mass is 10.1. The number of aryl methyl sites for hydroxylation is 1. The molecule has 126 valence electrons. The molecule has 0 spiro atoms. The van der Waals surface area contributed by atoms with E-state index in [9.17, 15) is 4.79 Å². The zero-order valence-corrected chi connectivity index (χ0v) is 15.4. The van der Waals surface area contributed by atoms with Gasteiger partial charge in [-0.25, -0.2) is 4.79 Å². The van der Waals surface area contributed by atoms with Gasteiger partial charge >= 0.3 is 6.03 Å². The molecule has 1 fully saturated rings. The zero-order valence-electron chi connectivity index (χ0n) is 13.8. The number of rotatable bonds is 3. The van der Waals surface area contributed by atoms with Crippen LogP contribution in [0.4, 0.5) is 21.9 Å². The Kier molecular flexibility index (Phi) is 5.41. The zero-order chi connectivity index (χ0) is 16.9. The van der Waals surface area contributed by atoms with Crippen molar-refractivity contribution in [3.63, 3.8) is 0 Å². The second-order valence-corrected chi connectivity index (χ2v) is 6.99. The highest BCUT2D eigenvalue weighted by molar-refractivity contribution is 9.10. The van der Waals surface area contributed by atoms with E-state index < -0.39 is 0 Å². The predicted octanol–water partition coefficient (Wildman–Crippen LogP) is 5.39. The molecule has 0 unspecified atom stereocenters. The van der Waals surface area contributed by atoms with Gasteiger partial charge in [0.1, 0.15) is 0 Å². The van der Waals surface area contributed by atoms with Crippen molar-refractivity contribution < 1.29 is 4.79 Å². The van der Waals surface area contributed by atoms with Gasteiger partial charge in [0.25, 0.3) is 0 Å². The Balaban J connectivity index is 1.58. The van der Waals surface area contributed by atoms with E-state index in [1.165, 1.54) is 24.9 Å². The lowest BCUT2D eigenvalue weighted by Gasteiger charge is -2.28. The third kappa shape index (κ3) is 4.29. The summed E-state index contributed by atoms with van der Waals surface area (Å²) in [6.45, 7) is 4.23. The molecule has 1 heterocycles. The highest BCUT2D eigenvalue weighted by Crippen LogP contribution is 2.23. The highest BCUT2D eigenvalue weighted by Gasteiger charge is 2.11. The maximum atomic E-state index is 12.1. The minimum absolute atomic E-state index is 0.234. The Hall–Kier alpha value is -2.01. The minimum atomic E-state index is -0.234. The third-order valence-corrected chi connectivity index (χ3v) is 5.15. The van der Waals surface area contributed by atoms with E-state index >= 15 is 0 Å². The number of amides is 2. The summed E-state index contributed by atoms with van der Waals surface area (Å²) in [4.78, 5) is 14.5. The Morgan fingerprint density at radius 3 is 2.25 bits per heavy atom. The van der Waals surface area contributed by atoms with Crippen molar-refractivity contribution in [3.8, 4) is 0 Å². The van der Waals surface area contributed by atoms with E-state index in [-0.39, 0.29) is 6.03 Å². The van der Waals surface area contributed by atoms with Gasteiger partial charge < -0.3 is 15.5 Å². The smallest absolute Gasteiger partial charge is 0.323 e. The molecule has 2 aromatic rings. The summed E-state index contributed by atoms with van der Waals surface area (Å²) in [5.41, 5.74) is 3.88. The Morgan fingerprint density at radius 2 is 1.58 bits per heavy atom. The van der Waals surface area contributed by atoms with Gasteiger partial charge in [-0.15, -0.1) is 0 Å². The number of hydrogen-bond acceptors (Lipinski definition) is 2. The van der Waals surface area contributed by atoms with E-state index in [1.54, 1.807) is 0 Å². The van der Waals surface area contributed by atoms with Crippen LogP contribution >= 0.6 is 15.9 Å². The highest BCUT2D eigenvalue weighted by atomic mass is 79.9. The van der Waals surface area contributed by atoms with Crippen molar-refractivity contribution >= 4 is 39.0 Å². The summed E-state index contributed by atoms with van der Waals surface area (Å²) in [7, 11) is 0. The van der Waals surface area contributed by atoms with Crippen LogP contribution in [0.3, 0.4) is 0 Å². The second kappa shape index (κ2) is 7.71. The van der Waals surface area contributed by atoms with Gasteiger partial charge in [-0.05, 0) is 74.2 Å². The molecule has 0 bridgehead atoms. The molecule has 5 heteroatoms. The SMILES string of the molecule is Cc1cc(NC(=O)Nc2ccc(N3CCCCC3)cc2)ccc1Br. The number of urea groups is 1. The minimum Gasteiger partial charge on any atom is -0.372 e. The fourth-order valence-electron chi connectivity index (χ4n) is 2.92. The third-order valence-electron chi connectivity index (χ3n) is 4.26. The standard InChI is InChI=1S/C19H22BrN3O/c1-14-13-16(7-10-18(14)20)22-19(24)21-15-5-8-17(9-6-15)23-11-3-2-4-12-23/h5-10,13H,2-4,11-12H2,1H3,(H2,21,22,24). The van der Waals surface area contributed by atoms with Crippen LogP contribution in [0.1, 0.15) is 24.8 Å². The predicted molar refractivity (Wildman–Crippen MR) is 104 cm³/mol. The van der Waals surface area contributed by atoms with Gasteiger partial charge in [0.05, 0.1) is 0 Å². The van der Waals surface area contributed by atoms with Gasteiger partial charge in [-0.2, -0.15) is 0 Å². The van der Waals surface area contributed by atoms with E-state index in [0.29, 0.717) is 0 Å². The van der Waals surface area contributed by atoms with Crippen LogP contribution in [0.25, 0.3) is 0 Å². The van der Waals surface area contributed by atoms with Gasteiger partial charge in [-0.1, -0.05) is 15.9 Å². The van der Waals surface area contributed by atoms with Gasteiger partial charge in [0.2, 0.25) is 0 Å². The van der Waals surface area contributed by atoms with E-state index in [4.69, 9.17) is 0 Å². The molecule has 1 aliphatic heterocycles. The first-order chi connectivity index (χ1) is 11.6. The first-order valence-electron chi connectivity index (χ1n) is 8.31. The summed E-state index contributed by atoms with van der Waals surface area (Å²) in [5.74, 6) is 0. The van der Waals surface area contributed by atoms with E-state index in [0.717, 1.165) is 34.5 Å². The lowest BCUT2D eigenvalue weighted by Crippen LogP contribution is -2.29. The fourth-order valence-corrected chi connectivity index (χ4v) is 3.17. The number of halogens is 1. The van der Waals surface area contributed by atoms with Crippen molar-refractivity contribution in [2.45, 2.75) is 26.2 Å². The molecule has 0 saturated carbocycles. The van der Waals surface area contributed by atoms with Crippen molar-refractivity contribution in [2.24, 2.45) is 0 Å². The van der Waals surface area contributed by atoms with Crippen molar-refractivity contribution in [1.82, 2.24) is 0 Å². The van der Waals surface area contributed by atoms with E-state index in [1.807, 2.05) is 37.3 Å². The molecule has 2 amide bonds. The summed E-state index contributed by atoms with van der Waals surface area (Å²) >= 11 is 3.46. The molecule has 0 radical (unpaired) electrons. The molecule has 1 aliphatic rings. The average molecular weight is 388 g/mol. The van der Waals surface area contributed by atoms with Crippen LogP contribution in [0.15, 0.2) is 46.9 Å². The molecular weight excluding hydrogens is 366 g/mol. The number of piperidine rings is 1.